The van der Waals surface area contributed by atoms with Crippen molar-refractivity contribution in [3.8, 4) is 0 Å². The molecule has 16 heavy (non-hydrogen) atoms. The molecule has 0 aromatic carbocycles. The predicted molar refractivity (Wildman–Crippen MR) is 57.3 cm³/mol. The largest absolute Gasteiger partial charge is 0.354 e. The molecule has 1 N–H and O–H groups in total. The SMILES string of the molecule is O=Cc1cnc(N2CCNC(=O)CC2)nc1. The summed E-state index contributed by atoms with van der Waals surface area (Å²) in [5.41, 5.74) is 0.452. The Hall–Kier alpha value is -1.98. The molecule has 6 heteroatoms. The van der Waals surface area contributed by atoms with E-state index in [9.17, 15) is 9.59 Å². The van der Waals surface area contributed by atoms with Crippen LogP contribution >= 0.6 is 0 Å². The summed E-state index contributed by atoms with van der Waals surface area (Å²) in [6.45, 7) is 1.88. The topological polar surface area (TPSA) is 75.2 Å². The first-order chi connectivity index (χ1) is 7.79. The van der Waals surface area contributed by atoms with Gasteiger partial charge < -0.3 is 10.2 Å². The van der Waals surface area contributed by atoms with E-state index in [2.05, 4.69) is 15.3 Å². The highest BCUT2D eigenvalue weighted by Crippen LogP contribution is 2.08. The number of hydrogen-bond acceptors (Lipinski definition) is 5. The zero-order chi connectivity index (χ0) is 11.4. The van der Waals surface area contributed by atoms with Gasteiger partial charge in [-0.2, -0.15) is 0 Å². The van der Waals surface area contributed by atoms with Crippen LogP contribution in [0, 0.1) is 0 Å². The lowest BCUT2D eigenvalue weighted by Gasteiger charge is -2.18. The summed E-state index contributed by atoms with van der Waals surface area (Å²) in [5, 5.41) is 2.77. The van der Waals surface area contributed by atoms with E-state index < -0.39 is 0 Å². The van der Waals surface area contributed by atoms with Crippen molar-refractivity contribution in [1.82, 2.24) is 15.3 Å². The number of nitrogens with zero attached hydrogens (tertiary/aromatic N) is 3. The molecule has 2 rings (SSSR count). The third-order valence-corrected chi connectivity index (χ3v) is 2.39. The van der Waals surface area contributed by atoms with Gasteiger partial charge in [0.1, 0.15) is 0 Å². The molecule has 6 nitrogen and oxygen atoms in total. The molecule has 84 valence electrons. The van der Waals surface area contributed by atoms with Gasteiger partial charge in [0.25, 0.3) is 0 Å². The van der Waals surface area contributed by atoms with Crippen molar-refractivity contribution in [3.05, 3.63) is 18.0 Å². The Morgan fingerprint density at radius 2 is 2.06 bits per heavy atom. The number of aromatic nitrogens is 2. The fourth-order valence-electron chi connectivity index (χ4n) is 1.52. The Balaban J connectivity index is 2.10. The van der Waals surface area contributed by atoms with E-state index in [4.69, 9.17) is 0 Å². The highest BCUT2D eigenvalue weighted by molar-refractivity contribution is 5.77. The normalized spacial score (nSPS) is 16.5. The second kappa shape index (κ2) is 4.69. The quantitative estimate of drug-likeness (QED) is 0.687. The maximum absolute atomic E-state index is 11.1. The summed E-state index contributed by atoms with van der Waals surface area (Å²) in [6, 6.07) is 0. The fourth-order valence-corrected chi connectivity index (χ4v) is 1.52. The molecule has 1 aromatic rings. The molecule has 1 saturated heterocycles. The van der Waals surface area contributed by atoms with Crippen LogP contribution in [0.3, 0.4) is 0 Å². The zero-order valence-corrected chi connectivity index (χ0v) is 8.72. The lowest BCUT2D eigenvalue weighted by Crippen LogP contribution is -2.29. The van der Waals surface area contributed by atoms with Crippen molar-refractivity contribution in [2.45, 2.75) is 6.42 Å². The number of carbonyl (C=O) groups is 2. The van der Waals surface area contributed by atoms with Crippen LogP contribution in [-0.4, -0.2) is 41.8 Å². The molecule has 1 aromatic heterocycles. The fraction of sp³-hybridized carbons (Fsp3) is 0.400. The van der Waals surface area contributed by atoms with Crippen LogP contribution < -0.4 is 10.2 Å². The molecule has 2 heterocycles. The van der Waals surface area contributed by atoms with Gasteiger partial charge in [0.15, 0.2) is 6.29 Å². The van der Waals surface area contributed by atoms with Gasteiger partial charge in [-0.1, -0.05) is 0 Å². The van der Waals surface area contributed by atoms with Gasteiger partial charge in [0.05, 0.1) is 5.56 Å². The van der Waals surface area contributed by atoms with E-state index in [1.165, 1.54) is 12.4 Å². The van der Waals surface area contributed by atoms with Crippen molar-refractivity contribution in [2.24, 2.45) is 0 Å². The predicted octanol–water partition coefficient (Wildman–Crippen LogP) is -0.385. The van der Waals surface area contributed by atoms with Crippen LogP contribution in [0.2, 0.25) is 0 Å². The molecule has 0 unspecified atom stereocenters. The van der Waals surface area contributed by atoms with Gasteiger partial charge in [-0.05, 0) is 0 Å². The molecular formula is C10H12N4O2. The molecule has 0 spiro atoms. The van der Waals surface area contributed by atoms with Crippen LogP contribution in [0.15, 0.2) is 12.4 Å². The number of anilines is 1. The Kier molecular flexibility index (Phi) is 3.09. The summed E-state index contributed by atoms with van der Waals surface area (Å²) in [5.74, 6) is 0.606. The van der Waals surface area contributed by atoms with E-state index in [0.717, 1.165) is 0 Å². The van der Waals surface area contributed by atoms with Crippen LogP contribution in [0.1, 0.15) is 16.8 Å². The Labute approximate surface area is 92.7 Å². The minimum Gasteiger partial charge on any atom is -0.354 e. The molecule has 0 bridgehead atoms. The van der Waals surface area contributed by atoms with Crippen molar-refractivity contribution < 1.29 is 9.59 Å². The molecule has 0 saturated carbocycles. The zero-order valence-electron chi connectivity index (χ0n) is 8.72. The first-order valence-corrected chi connectivity index (χ1v) is 5.08. The second-order valence-electron chi connectivity index (χ2n) is 3.52. The van der Waals surface area contributed by atoms with E-state index in [0.29, 0.717) is 43.9 Å². The standard InChI is InChI=1S/C10H12N4O2/c15-7-8-5-12-10(13-6-8)14-3-1-9(16)11-2-4-14/h5-7H,1-4H2,(H,11,16). The first kappa shape index (κ1) is 10.5. The average molecular weight is 220 g/mol. The molecular weight excluding hydrogens is 208 g/mol. The Morgan fingerprint density at radius 3 is 2.75 bits per heavy atom. The van der Waals surface area contributed by atoms with Crippen LogP contribution in [0.5, 0.6) is 0 Å². The number of amides is 1. The number of aldehydes is 1. The first-order valence-electron chi connectivity index (χ1n) is 5.08. The molecule has 1 aliphatic rings. The third kappa shape index (κ3) is 2.33. The smallest absolute Gasteiger partial charge is 0.225 e. The maximum Gasteiger partial charge on any atom is 0.225 e. The minimum absolute atomic E-state index is 0.0482. The van der Waals surface area contributed by atoms with Crippen molar-refractivity contribution in [3.63, 3.8) is 0 Å². The number of hydrogen-bond donors (Lipinski definition) is 1. The van der Waals surface area contributed by atoms with E-state index in [-0.39, 0.29) is 5.91 Å². The van der Waals surface area contributed by atoms with Crippen LogP contribution in [0.4, 0.5) is 5.95 Å². The highest BCUT2D eigenvalue weighted by atomic mass is 16.1. The molecule has 1 aliphatic heterocycles. The molecule has 0 radical (unpaired) electrons. The van der Waals surface area contributed by atoms with Gasteiger partial charge in [0.2, 0.25) is 11.9 Å². The minimum atomic E-state index is 0.0482. The monoisotopic (exact) mass is 220 g/mol. The lowest BCUT2D eigenvalue weighted by atomic mass is 10.4. The van der Waals surface area contributed by atoms with Gasteiger partial charge in [0, 0.05) is 38.4 Å². The summed E-state index contributed by atoms with van der Waals surface area (Å²) in [7, 11) is 0. The van der Waals surface area contributed by atoms with Gasteiger partial charge in [-0.15, -0.1) is 0 Å². The maximum atomic E-state index is 11.1. The molecule has 1 amide bonds. The number of nitrogens with one attached hydrogen (secondary N) is 1. The van der Waals surface area contributed by atoms with Crippen LogP contribution in [-0.2, 0) is 4.79 Å². The summed E-state index contributed by atoms with van der Waals surface area (Å²) >= 11 is 0. The van der Waals surface area contributed by atoms with E-state index in [1.807, 2.05) is 4.90 Å². The van der Waals surface area contributed by atoms with Crippen molar-refractivity contribution in [2.75, 3.05) is 24.5 Å². The highest BCUT2D eigenvalue weighted by Gasteiger charge is 2.15. The summed E-state index contributed by atoms with van der Waals surface area (Å²) in [6.07, 6.45) is 4.11. The molecule has 1 fully saturated rings. The van der Waals surface area contributed by atoms with Crippen molar-refractivity contribution >= 4 is 18.1 Å². The Morgan fingerprint density at radius 1 is 1.31 bits per heavy atom. The van der Waals surface area contributed by atoms with Gasteiger partial charge in [-0.25, -0.2) is 9.97 Å². The third-order valence-electron chi connectivity index (χ3n) is 2.39. The molecule has 0 atom stereocenters. The van der Waals surface area contributed by atoms with E-state index in [1.54, 1.807) is 0 Å². The van der Waals surface area contributed by atoms with E-state index >= 15 is 0 Å². The average Bonchev–Trinajstić information content (AvgIpc) is 2.54. The van der Waals surface area contributed by atoms with Crippen molar-refractivity contribution in [1.29, 1.82) is 0 Å². The number of rotatable bonds is 2. The summed E-state index contributed by atoms with van der Waals surface area (Å²) in [4.78, 5) is 31.7. The summed E-state index contributed by atoms with van der Waals surface area (Å²) < 4.78 is 0. The second-order valence-corrected chi connectivity index (χ2v) is 3.52. The van der Waals surface area contributed by atoms with Crippen LogP contribution in [0.25, 0.3) is 0 Å². The van der Waals surface area contributed by atoms with Gasteiger partial charge >= 0.3 is 0 Å². The number of carbonyl (C=O) groups excluding carboxylic acids is 2. The lowest BCUT2D eigenvalue weighted by molar-refractivity contribution is -0.120. The Bertz CT molecular complexity index is 390. The molecule has 0 aliphatic carbocycles. The van der Waals surface area contributed by atoms with Gasteiger partial charge in [-0.3, -0.25) is 9.59 Å².